The summed E-state index contributed by atoms with van der Waals surface area (Å²) in [4.78, 5) is 0. The molecule has 1 saturated carbocycles. The monoisotopic (exact) mass is 261 g/mol. The van der Waals surface area contributed by atoms with Crippen LogP contribution in [0.1, 0.15) is 51.5 Å². The summed E-state index contributed by atoms with van der Waals surface area (Å²) in [5, 5.41) is 13.0. The molecule has 0 saturated heterocycles. The van der Waals surface area contributed by atoms with Gasteiger partial charge in [0, 0.05) is 12.1 Å². The van der Waals surface area contributed by atoms with Crippen LogP contribution < -0.4 is 5.32 Å². The quantitative estimate of drug-likeness (QED) is 0.814. The molecule has 0 spiro atoms. The minimum absolute atomic E-state index is 0.352. The average molecular weight is 261 g/mol. The molecule has 1 aliphatic rings. The minimum Gasteiger partial charge on any atom is -0.508 e. The van der Waals surface area contributed by atoms with Crippen molar-refractivity contribution in [2.75, 3.05) is 0 Å². The number of phenols is 1. The molecule has 0 bridgehead atoms. The van der Waals surface area contributed by atoms with E-state index >= 15 is 0 Å². The maximum atomic E-state index is 9.26. The zero-order valence-corrected chi connectivity index (χ0v) is 12.2. The van der Waals surface area contributed by atoms with Gasteiger partial charge in [-0.1, -0.05) is 25.0 Å². The topological polar surface area (TPSA) is 32.3 Å². The molecule has 0 aromatic heterocycles. The Bertz CT molecular complexity index is 367. The summed E-state index contributed by atoms with van der Waals surface area (Å²) in [7, 11) is 0. The molecule has 1 aromatic rings. The summed E-state index contributed by atoms with van der Waals surface area (Å²) in [6.45, 7) is 4.62. The molecule has 1 fully saturated rings. The van der Waals surface area contributed by atoms with Crippen molar-refractivity contribution in [3.8, 4) is 5.75 Å². The smallest absolute Gasteiger partial charge is 0.115 e. The second-order valence-corrected chi connectivity index (χ2v) is 6.11. The molecule has 0 radical (unpaired) electrons. The third-order valence-corrected chi connectivity index (χ3v) is 4.46. The van der Waals surface area contributed by atoms with Gasteiger partial charge in [-0.05, 0) is 63.1 Å². The van der Waals surface area contributed by atoms with Crippen LogP contribution >= 0.6 is 0 Å². The summed E-state index contributed by atoms with van der Waals surface area (Å²) in [5.41, 5.74) is 1.31. The highest BCUT2D eigenvalue weighted by molar-refractivity contribution is 5.25. The van der Waals surface area contributed by atoms with Crippen molar-refractivity contribution < 1.29 is 5.11 Å². The van der Waals surface area contributed by atoms with E-state index in [4.69, 9.17) is 0 Å². The lowest BCUT2D eigenvalue weighted by molar-refractivity contribution is 0.341. The first-order chi connectivity index (χ1) is 9.15. The molecule has 0 amide bonds. The van der Waals surface area contributed by atoms with Gasteiger partial charge in [-0.15, -0.1) is 0 Å². The van der Waals surface area contributed by atoms with E-state index in [1.54, 1.807) is 12.1 Å². The normalized spacial score (nSPS) is 19.5. The molecule has 2 N–H and O–H groups in total. The van der Waals surface area contributed by atoms with Gasteiger partial charge >= 0.3 is 0 Å². The van der Waals surface area contributed by atoms with Crippen molar-refractivity contribution in [2.45, 2.75) is 64.5 Å². The first kappa shape index (κ1) is 14.4. The largest absolute Gasteiger partial charge is 0.508 e. The predicted octanol–water partition coefficient (Wildman–Crippen LogP) is 3.88. The van der Waals surface area contributed by atoms with Gasteiger partial charge in [-0.25, -0.2) is 0 Å². The van der Waals surface area contributed by atoms with Crippen molar-refractivity contribution in [1.82, 2.24) is 5.32 Å². The Balaban J connectivity index is 1.71. The maximum Gasteiger partial charge on any atom is 0.115 e. The van der Waals surface area contributed by atoms with Crippen molar-refractivity contribution in [3.63, 3.8) is 0 Å². The van der Waals surface area contributed by atoms with E-state index in [0.29, 0.717) is 17.8 Å². The van der Waals surface area contributed by atoms with Gasteiger partial charge < -0.3 is 10.4 Å². The highest BCUT2D eigenvalue weighted by Gasteiger charge is 2.22. The molecular formula is C17H27NO. The van der Waals surface area contributed by atoms with E-state index in [-0.39, 0.29) is 0 Å². The van der Waals surface area contributed by atoms with E-state index in [0.717, 1.165) is 18.8 Å². The van der Waals surface area contributed by atoms with Crippen molar-refractivity contribution in [3.05, 3.63) is 29.8 Å². The first-order valence-corrected chi connectivity index (χ1v) is 7.69. The molecule has 1 aromatic carbocycles. The standard InChI is InChI=1S/C17H27NO/c1-13(18-14(2)16-5-3-4-6-16)7-8-15-9-11-17(19)12-10-15/h9-14,16,18-19H,3-8H2,1-2H3/t13?,14-/m0/s1. The lowest BCUT2D eigenvalue weighted by atomic mass is 9.98. The van der Waals surface area contributed by atoms with Crippen LogP contribution in [0.5, 0.6) is 5.75 Å². The molecule has 19 heavy (non-hydrogen) atoms. The Hall–Kier alpha value is -1.02. The Morgan fingerprint density at radius 1 is 1.16 bits per heavy atom. The van der Waals surface area contributed by atoms with Crippen LogP contribution in [0, 0.1) is 5.92 Å². The number of nitrogens with one attached hydrogen (secondary N) is 1. The Morgan fingerprint density at radius 3 is 2.42 bits per heavy atom. The van der Waals surface area contributed by atoms with Crippen LogP contribution in [-0.4, -0.2) is 17.2 Å². The zero-order chi connectivity index (χ0) is 13.7. The predicted molar refractivity (Wildman–Crippen MR) is 80.4 cm³/mol. The van der Waals surface area contributed by atoms with E-state index in [2.05, 4.69) is 19.2 Å². The lowest BCUT2D eigenvalue weighted by Crippen LogP contribution is -2.38. The van der Waals surface area contributed by atoms with E-state index < -0.39 is 0 Å². The first-order valence-electron chi connectivity index (χ1n) is 7.69. The summed E-state index contributed by atoms with van der Waals surface area (Å²) in [6.07, 6.45) is 7.86. The third-order valence-electron chi connectivity index (χ3n) is 4.46. The molecule has 2 heteroatoms. The fourth-order valence-corrected chi connectivity index (χ4v) is 3.17. The molecule has 0 aliphatic heterocycles. The summed E-state index contributed by atoms with van der Waals surface area (Å²) >= 11 is 0. The number of aryl methyl sites for hydroxylation is 1. The highest BCUT2D eigenvalue weighted by Crippen LogP contribution is 2.27. The molecule has 106 valence electrons. The zero-order valence-electron chi connectivity index (χ0n) is 12.2. The number of hydrogen-bond donors (Lipinski definition) is 2. The molecule has 1 aliphatic carbocycles. The molecule has 0 heterocycles. The fraction of sp³-hybridized carbons (Fsp3) is 0.647. The number of rotatable bonds is 6. The van der Waals surface area contributed by atoms with Crippen LogP contribution in [-0.2, 0) is 6.42 Å². The van der Waals surface area contributed by atoms with E-state index in [1.165, 1.54) is 31.2 Å². The highest BCUT2D eigenvalue weighted by atomic mass is 16.3. The summed E-state index contributed by atoms with van der Waals surface area (Å²) in [6, 6.07) is 8.79. The summed E-state index contributed by atoms with van der Waals surface area (Å²) < 4.78 is 0. The maximum absolute atomic E-state index is 9.26. The minimum atomic E-state index is 0.352. The van der Waals surface area contributed by atoms with Crippen molar-refractivity contribution in [1.29, 1.82) is 0 Å². The third kappa shape index (κ3) is 4.54. The number of phenolic OH excluding ortho intramolecular Hbond substituents is 1. The number of aromatic hydroxyl groups is 1. The second-order valence-electron chi connectivity index (χ2n) is 6.11. The van der Waals surface area contributed by atoms with Crippen LogP contribution in [0.15, 0.2) is 24.3 Å². The number of hydrogen-bond acceptors (Lipinski definition) is 2. The van der Waals surface area contributed by atoms with E-state index in [9.17, 15) is 5.11 Å². The van der Waals surface area contributed by atoms with E-state index in [1.807, 2.05) is 12.1 Å². The second kappa shape index (κ2) is 6.95. The van der Waals surface area contributed by atoms with Crippen LogP contribution in [0.2, 0.25) is 0 Å². The van der Waals surface area contributed by atoms with Gasteiger partial charge in [0.05, 0.1) is 0 Å². The Kier molecular flexibility index (Phi) is 5.26. The van der Waals surface area contributed by atoms with Crippen molar-refractivity contribution in [2.24, 2.45) is 5.92 Å². The lowest BCUT2D eigenvalue weighted by Gasteiger charge is -2.25. The Labute approximate surface area is 117 Å². The van der Waals surface area contributed by atoms with Crippen LogP contribution in [0.25, 0.3) is 0 Å². The van der Waals surface area contributed by atoms with Gasteiger partial charge in [0.1, 0.15) is 5.75 Å². The van der Waals surface area contributed by atoms with Gasteiger partial charge in [-0.2, -0.15) is 0 Å². The van der Waals surface area contributed by atoms with Crippen LogP contribution in [0.4, 0.5) is 0 Å². The van der Waals surface area contributed by atoms with Gasteiger partial charge in [0.2, 0.25) is 0 Å². The molecule has 2 atom stereocenters. The average Bonchev–Trinajstić information content (AvgIpc) is 2.92. The van der Waals surface area contributed by atoms with Gasteiger partial charge in [0.25, 0.3) is 0 Å². The fourth-order valence-electron chi connectivity index (χ4n) is 3.17. The van der Waals surface area contributed by atoms with Crippen molar-refractivity contribution >= 4 is 0 Å². The van der Waals surface area contributed by atoms with Gasteiger partial charge in [-0.3, -0.25) is 0 Å². The Morgan fingerprint density at radius 2 is 1.79 bits per heavy atom. The molecular weight excluding hydrogens is 234 g/mol. The number of benzene rings is 1. The summed E-state index contributed by atoms with van der Waals surface area (Å²) in [5.74, 6) is 1.24. The molecule has 2 rings (SSSR count). The van der Waals surface area contributed by atoms with Crippen LogP contribution in [0.3, 0.4) is 0 Å². The van der Waals surface area contributed by atoms with Gasteiger partial charge in [0.15, 0.2) is 0 Å². The molecule has 1 unspecified atom stereocenters. The SMILES string of the molecule is CC(CCc1ccc(O)cc1)N[C@@H](C)C1CCCC1. The molecule has 2 nitrogen and oxygen atoms in total.